The van der Waals surface area contributed by atoms with Gasteiger partial charge in [-0.1, -0.05) is 60.7 Å². The number of benzene rings is 2. The predicted octanol–water partition coefficient (Wildman–Crippen LogP) is 5.14. The zero-order valence-corrected chi connectivity index (χ0v) is 16.6. The van der Waals surface area contributed by atoms with Crippen molar-refractivity contribution in [2.24, 2.45) is 0 Å². The van der Waals surface area contributed by atoms with Gasteiger partial charge in [0, 0.05) is 0 Å². The van der Waals surface area contributed by atoms with Gasteiger partial charge in [0.05, 0.1) is 0 Å². The summed E-state index contributed by atoms with van der Waals surface area (Å²) in [5.74, 6) is 1.55. The molecule has 2 aromatic rings. The first-order chi connectivity index (χ1) is 13.4. The van der Waals surface area contributed by atoms with Gasteiger partial charge >= 0.3 is 0 Å². The predicted molar refractivity (Wildman–Crippen MR) is 114 cm³/mol. The Morgan fingerprint density at radius 2 is 0.926 bits per heavy atom. The zero-order chi connectivity index (χ0) is 18.3. The Bertz CT molecular complexity index is 594. The van der Waals surface area contributed by atoms with Gasteiger partial charge in [-0.15, -0.1) is 0 Å². The van der Waals surface area contributed by atoms with Crippen LogP contribution in [0.2, 0.25) is 0 Å². The highest BCUT2D eigenvalue weighted by atomic mass is 15.2. The van der Waals surface area contributed by atoms with E-state index in [-0.39, 0.29) is 0 Å². The lowest BCUT2D eigenvalue weighted by Crippen LogP contribution is -2.37. The minimum absolute atomic E-state index is 0.777. The average Bonchev–Trinajstić information content (AvgIpc) is 2.76. The van der Waals surface area contributed by atoms with E-state index in [1.54, 1.807) is 11.1 Å². The Hall–Kier alpha value is -1.64. The van der Waals surface area contributed by atoms with E-state index >= 15 is 0 Å². The van der Waals surface area contributed by atoms with E-state index < -0.39 is 0 Å². The smallest absolute Gasteiger partial charge is 0.000654 e. The second-order valence-corrected chi connectivity index (χ2v) is 8.41. The molecule has 2 aliphatic heterocycles. The second-order valence-electron chi connectivity index (χ2n) is 8.41. The quantitative estimate of drug-likeness (QED) is 0.702. The minimum Gasteiger partial charge on any atom is -0.303 e. The van der Waals surface area contributed by atoms with Crippen LogP contribution in [-0.4, -0.2) is 49.1 Å². The molecule has 0 spiro atoms. The molecule has 2 heterocycles. The van der Waals surface area contributed by atoms with Crippen LogP contribution in [0.15, 0.2) is 60.7 Å². The van der Waals surface area contributed by atoms with Crippen molar-refractivity contribution < 1.29 is 0 Å². The molecule has 2 aromatic carbocycles. The van der Waals surface area contributed by atoms with Crippen molar-refractivity contribution in [1.29, 1.82) is 0 Å². The zero-order valence-electron chi connectivity index (χ0n) is 16.6. The van der Waals surface area contributed by atoms with Crippen LogP contribution in [0.25, 0.3) is 0 Å². The van der Waals surface area contributed by atoms with Gasteiger partial charge in [-0.3, -0.25) is 0 Å². The number of likely N-dealkylation sites (tertiary alicyclic amines) is 2. The standard InChI is InChI=1S/C25H34N2/c1-3-8-22(9-4-1)24-12-18-26(19-13-24)16-7-17-27-20-14-25(15-21-27)23-10-5-2-6-11-23/h1-6,8-11,24-25H,7,12-21H2. The fourth-order valence-corrected chi connectivity index (χ4v) is 4.95. The van der Waals surface area contributed by atoms with Gasteiger partial charge in [0.1, 0.15) is 0 Å². The molecule has 0 atom stereocenters. The first kappa shape index (κ1) is 18.7. The van der Waals surface area contributed by atoms with Gasteiger partial charge < -0.3 is 9.80 Å². The molecule has 2 saturated heterocycles. The molecule has 0 radical (unpaired) electrons. The number of piperidine rings is 2. The van der Waals surface area contributed by atoms with E-state index in [1.807, 2.05) is 0 Å². The number of rotatable bonds is 6. The normalized spacial score (nSPS) is 20.7. The monoisotopic (exact) mass is 362 g/mol. The van der Waals surface area contributed by atoms with Gasteiger partial charge in [0.2, 0.25) is 0 Å². The molecule has 0 saturated carbocycles. The minimum atomic E-state index is 0.777. The first-order valence-corrected chi connectivity index (χ1v) is 10.9. The molecule has 0 N–H and O–H groups in total. The summed E-state index contributed by atoms with van der Waals surface area (Å²) in [5.41, 5.74) is 3.08. The summed E-state index contributed by atoms with van der Waals surface area (Å²) >= 11 is 0. The fraction of sp³-hybridized carbons (Fsp3) is 0.520. The number of nitrogens with zero attached hydrogens (tertiary/aromatic N) is 2. The molecule has 0 bridgehead atoms. The molecule has 0 amide bonds. The third-order valence-electron chi connectivity index (χ3n) is 6.67. The third-order valence-corrected chi connectivity index (χ3v) is 6.67. The highest BCUT2D eigenvalue weighted by Crippen LogP contribution is 2.29. The highest BCUT2D eigenvalue weighted by molar-refractivity contribution is 5.20. The molecule has 2 aliphatic rings. The summed E-state index contributed by atoms with van der Waals surface area (Å²) in [7, 11) is 0. The van der Waals surface area contributed by atoms with Crippen molar-refractivity contribution in [3.63, 3.8) is 0 Å². The highest BCUT2D eigenvalue weighted by Gasteiger charge is 2.22. The van der Waals surface area contributed by atoms with E-state index in [0.717, 1.165) is 11.8 Å². The molecule has 0 aromatic heterocycles. The summed E-state index contributed by atoms with van der Waals surface area (Å²) in [6.45, 7) is 7.65. The Kier molecular flexibility index (Phi) is 6.60. The topological polar surface area (TPSA) is 6.48 Å². The summed E-state index contributed by atoms with van der Waals surface area (Å²) in [4.78, 5) is 5.38. The van der Waals surface area contributed by atoms with Crippen LogP contribution in [0.4, 0.5) is 0 Å². The molecule has 2 heteroatoms. The van der Waals surface area contributed by atoms with E-state index in [9.17, 15) is 0 Å². The molecule has 144 valence electrons. The van der Waals surface area contributed by atoms with Gasteiger partial charge in [-0.2, -0.15) is 0 Å². The van der Waals surface area contributed by atoms with Crippen LogP contribution < -0.4 is 0 Å². The van der Waals surface area contributed by atoms with Crippen molar-refractivity contribution in [3.05, 3.63) is 71.8 Å². The molecule has 0 aliphatic carbocycles. The summed E-state index contributed by atoms with van der Waals surface area (Å²) < 4.78 is 0. The lowest BCUT2D eigenvalue weighted by atomic mass is 9.89. The Balaban J connectivity index is 1.12. The van der Waals surface area contributed by atoms with E-state index in [1.165, 1.54) is 71.4 Å². The maximum atomic E-state index is 2.69. The summed E-state index contributed by atoms with van der Waals surface area (Å²) in [6.07, 6.45) is 6.63. The molecular weight excluding hydrogens is 328 g/mol. The molecular formula is C25H34N2. The van der Waals surface area contributed by atoms with Crippen molar-refractivity contribution >= 4 is 0 Å². The molecule has 27 heavy (non-hydrogen) atoms. The van der Waals surface area contributed by atoms with Gasteiger partial charge in [-0.05, 0) is 94.3 Å². The SMILES string of the molecule is c1ccc(C2CCN(CCCN3CCC(c4ccccc4)CC3)CC2)cc1. The van der Waals surface area contributed by atoms with Gasteiger partial charge in [0.25, 0.3) is 0 Å². The number of hydrogen-bond acceptors (Lipinski definition) is 2. The Morgan fingerprint density at radius 3 is 1.30 bits per heavy atom. The average molecular weight is 363 g/mol. The van der Waals surface area contributed by atoms with Crippen LogP contribution >= 0.6 is 0 Å². The maximum Gasteiger partial charge on any atom is -0.000654 e. The summed E-state index contributed by atoms with van der Waals surface area (Å²) in [6, 6.07) is 22.2. The molecule has 4 rings (SSSR count). The molecule has 0 unspecified atom stereocenters. The second kappa shape index (κ2) is 9.52. The maximum absolute atomic E-state index is 2.69. The largest absolute Gasteiger partial charge is 0.303 e. The first-order valence-electron chi connectivity index (χ1n) is 10.9. The van der Waals surface area contributed by atoms with E-state index in [2.05, 4.69) is 70.5 Å². The van der Waals surface area contributed by atoms with Crippen LogP contribution in [0.1, 0.15) is 55.1 Å². The molecule has 2 fully saturated rings. The van der Waals surface area contributed by atoms with Gasteiger partial charge in [0.15, 0.2) is 0 Å². The van der Waals surface area contributed by atoms with Gasteiger partial charge in [-0.25, -0.2) is 0 Å². The lowest BCUT2D eigenvalue weighted by molar-refractivity contribution is 0.175. The Morgan fingerprint density at radius 1 is 0.556 bits per heavy atom. The lowest BCUT2D eigenvalue weighted by Gasteiger charge is -2.34. The third kappa shape index (κ3) is 5.21. The van der Waals surface area contributed by atoms with Crippen molar-refractivity contribution in [2.45, 2.75) is 43.9 Å². The fourth-order valence-electron chi connectivity index (χ4n) is 4.95. The molecule has 2 nitrogen and oxygen atoms in total. The van der Waals surface area contributed by atoms with Crippen molar-refractivity contribution in [1.82, 2.24) is 9.80 Å². The summed E-state index contributed by atoms with van der Waals surface area (Å²) in [5, 5.41) is 0. The number of hydrogen-bond donors (Lipinski definition) is 0. The van der Waals surface area contributed by atoms with Crippen LogP contribution in [0.3, 0.4) is 0 Å². The van der Waals surface area contributed by atoms with E-state index in [0.29, 0.717) is 0 Å². The van der Waals surface area contributed by atoms with Crippen molar-refractivity contribution in [2.75, 3.05) is 39.3 Å². The van der Waals surface area contributed by atoms with Crippen LogP contribution in [0, 0.1) is 0 Å². The Labute approximate surface area is 165 Å². The van der Waals surface area contributed by atoms with Crippen molar-refractivity contribution in [3.8, 4) is 0 Å². The van der Waals surface area contributed by atoms with Crippen LogP contribution in [-0.2, 0) is 0 Å². The van der Waals surface area contributed by atoms with E-state index in [4.69, 9.17) is 0 Å². The van der Waals surface area contributed by atoms with Crippen LogP contribution in [0.5, 0.6) is 0 Å².